The maximum absolute atomic E-state index is 5.24. The number of hydrogen-bond acceptors (Lipinski definition) is 3. The van der Waals surface area contributed by atoms with E-state index in [2.05, 4.69) is 15.9 Å². The number of halogens is 1. The molecule has 0 saturated carbocycles. The molecule has 2 atom stereocenters. The van der Waals surface area contributed by atoms with Crippen LogP contribution < -0.4 is 0 Å². The molecule has 0 fully saturated rings. The highest BCUT2D eigenvalue weighted by Crippen LogP contribution is 2.17. The third kappa shape index (κ3) is 4.22. The van der Waals surface area contributed by atoms with Crippen LogP contribution in [0.5, 0.6) is 0 Å². The molecule has 0 N–H and O–H groups in total. The summed E-state index contributed by atoms with van der Waals surface area (Å²) in [6.45, 7) is 1.94. The van der Waals surface area contributed by atoms with Gasteiger partial charge in [-0.15, -0.1) is 0 Å². The number of alkyl halides is 1. The molecule has 0 spiro atoms. The van der Waals surface area contributed by atoms with E-state index in [1.165, 1.54) is 0 Å². The van der Waals surface area contributed by atoms with E-state index < -0.39 is 0 Å². The van der Waals surface area contributed by atoms with Gasteiger partial charge in [-0.25, -0.2) is 0 Å². The minimum Gasteiger partial charge on any atom is -0.376 e. The average Bonchev–Trinajstić information content (AvgIpc) is 2.15. The Hall–Kier alpha value is 0.100. The van der Waals surface area contributed by atoms with Gasteiger partial charge in [-0.2, -0.15) is 0 Å². The molecule has 0 aliphatic rings. The first-order valence-electron chi connectivity index (χ1n) is 4.06. The summed E-state index contributed by atoms with van der Waals surface area (Å²) < 4.78 is 15.5. The summed E-state index contributed by atoms with van der Waals surface area (Å²) in [5, 5.41) is 0. The largest absolute Gasteiger partial charge is 0.376 e. The van der Waals surface area contributed by atoms with Gasteiger partial charge in [-0.3, -0.25) is 0 Å². The maximum Gasteiger partial charge on any atom is 0.172 e. The van der Waals surface area contributed by atoms with Crippen LogP contribution in [0.2, 0.25) is 0 Å². The molecule has 0 bridgehead atoms. The van der Waals surface area contributed by atoms with Crippen LogP contribution in [0.25, 0.3) is 0 Å². The van der Waals surface area contributed by atoms with E-state index in [4.69, 9.17) is 14.2 Å². The van der Waals surface area contributed by atoms with Crippen LogP contribution in [0.4, 0.5) is 0 Å². The third-order valence-corrected chi connectivity index (χ3v) is 2.65. The summed E-state index contributed by atoms with van der Waals surface area (Å²) in [4.78, 5) is -0.0105. The standard InChI is InChI=1S/C9H17BrO3/c1-5-6-7(11-2)8(10)9(12-3)13-4/h5-9H,1-4H3. The highest BCUT2D eigenvalue weighted by Gasteiger charge is 2.25. The molecule has 3 nitrogen and oxygen atoms in total. The molecule has 0 aliphatic carbocycles. The van der Waals surface area contributed by atoms with Gasteiger partial charge >= 0.3 is 0 Å². The van der Waals surface area contributed by atoms with E-state index in [0.29, 0.717) is 0 Å². The zero-order chi connectivity index (χ0) is 10.3. The Balaban J connectivity index is 4.24. The number of rotatable bonds is 6. The Kier molecular flexibility index (Phi) is 7.56. The first kappa shape index (κ1) is 13.1. The van der Waals surface area contributed by atoms with Crippen molar-refractivity contribution in [2.45, 2.75) is 24.1 Å². The predicted octanol–water partition coefficient (Wildman–Crippen LogP) is 1.96. The van der Waals surface area contributed by atoms with Crippen LogP contribution in [0.15, 0.2) is 12.2 Å². The second-order valence-electron chi connectivity index (χ2n) is 2.51. The van der Waals surface area contributed by atoms with Gasteiger partial charge < -0.3 is 14.2 Å². The second kappa shape index (κ2) is 7.50. The lowest BCUT2D eigenvalue weighted by molar-refractivity contribution is -0.114. The molecule has 2 unspecified atom stereocenters. The molecule has 0 amide bonds. The van der Waals surface area contributed by atoms with E-state index in [-0.39, 0.29) is 17.2 Å². The predicted molar refractivity (Wildman–Crippen MR) is 56.1 cm³/mol. The van der Waals surface area contributed by atoms with Gasteiger partial charge in [0, 0.05) is 21.3 Å². The van der Waals surface area contributed by atoms with Crippen molar-refractivity contribution in [3.05, 3.63) is 12.2 Å². The lowest BCUT2D eigenvalue weighted by Gasteiger charge is -2.24. The molecule has 0 saturated heterocycles. The summed E-state index contributed by atoms with van der Waals surface area (Å²) in [5.41, 5.74) is 0. The number of allylic oxidation sites excluding steroid dienone is 1. The zero-order valence-corrected chi connectivity index (χ0v) is 10.1. The Morgan fingerprint density at radius 3 is 1.92 bits per heavy atom. The van der Waals surface area contributed by atoms with E-state index in [0.717, 1.165) is 0 Å². The Labute approximate surface area is 88.2 Å². The fraction of sp³-hybridized carbons (Fsp3) is 0.778. The fourth-order valence-electron chi connectivity index (χ4n) is 1.02. The topological polar surface area (TPSA) is 27.7 Å². The van der Waals surface area contributed by atoms with Crippen molar-refractivity contribution < 1.29 is 14.2 Å². The smallest absolute Gasteiger partial charge is 0.172 e. The third-order valence-electron chi connectivity index (χ3n) is 1.69. The molecule has 13 heavy (non-hydrogen) atoms. The molecule has 78 valence electrons. The van der Waals surface area contributed by atoms with Crippen molar-refractivity contribution in [1.29, 1.82) is 0 Å². The van der Waals surface area contributed by atoms with Crippen LogP contribution in [0.3, 0.4) is 0 Å². The Morgan fingerprint density at radius 1 is 1.08 bits per heavy atom. The molecule has 0 rings (SSSR count). The van der Waals surface area contributed by atoms with Crippen LogP contribution in [0, 0.1) is 0 Å². The molecular weight excluding hydrogens is 236 g/mol. The summed E-state index contributed by atoms with van der Waals surface area (Å²) in [6.07, 6.45) is 3.53. The van der Waals surface area contributed by atoms with E-state index in [1.54, 1.807) is 21.3 Å². The molecule has 0 aromatic rings. The Bertz CT molecular complexity index is 146. The van der Waals surface area contributed by atoms with E-state index >= 15 is 0 Å². The number of methoxy groups -OCH3 is 3. The van der Waals surface area contributed by atoms with Crippen molar-refractivity contribution in [3.8, 4) is 0 Å². The van der Waals surface area contributed by atoms with Crippen LogP contribution in [0.1, 0.15) is 6.92 Å². The second-order valence-corrected chi connectivity index (χ2v) is 3.57. The molecule has 0 aromatic carbocycles. The van der Waals surface area contributed by atoms with Gasteiger partial charge in [-0.05, 0) is 6.92 Å². The van der Waals surface area contributed by atoms with Gasteiger partial charge in [0.15, 0.2) is 6.29 Å². The number of ether oxygens (including phenoxy) is 3. The first-order chi connectivity index (χ1) is 6.21. The molecule has 0 heterocycles. The first-order valence-corrected chi connectivity index (χ1v) is 4.98. The van der Waals surface area contributed by atoms with Crippen molar-refractivity contribution in [1.82, 2.24) is 0 Å². The quantitative estimate of drug-likeness (QED) is 0.411. The van der Waals surface area contributed by atoms with Gasteiger partial charge in [0.1, 0.15) is 0 Å². The van der Waals surface area contributed by atoms with Gasteiger partial charge in [0.05, 0.1) is 10.9 Å². The molecule has 0 aromatic heterocycles. The number of hydrogen-bond donors (Lipinski definition) is 0. The monoisotopic (exact) mass is 252 g/mol. The van der Waals surface area contributed by atoms with Crippen molar-refractivity contribution in [3.63, 3.8) is 0 Å². The Morgan fingerprint density at radius 2 is 1.62 bits per heavy atom. The van der Waals surface area contributed by atoms with E-state index in [9.17, 15) is 0 Å². The molecule has 0 aliphatic heterocycles. The van der Waals surface area contributed by atoms with Gasteiger partial charge in [0.25, 0.3) is 0 Å². The lowest BCUT2D eigenvalue weighted by Crippen LogP contribution is -2.35. The van der Waals surface area contributed by atoms with Crippen molar-refractivity contribution in [2.75, 3.05) is 21.3 Å². The maximum atomic E-state index is 5.24. The molecule has 4 heteroatoms. The minimum atomic E-state index is -0.304. The highest BCUT2D eigenvalue weighted by molar-refractivity contribution is 9.09. The average molecular weight is 253 g/mol. The summed E-state index contributed by atoms with van der Waals surface area (Å²) in [7, 11) is 4.86. The fourth-order valence-corrected chi connectivity index (χ4v) is 1.84. The summed E-state index contributed by atoms with van der Waals surface area (Å²) in [5.74, 6) is 0. The SMILES string of the molecule is CC=CC(OC)C(Br)C(OC)OC. The van der Waals surface area contributed by atoms with Crippen molar-refractivity contribution in [2.24, 2.45) is 0 Å². The van der Waals surface area contributed by atoms with Crippen LogP contribution in [-0.4, -0.2) is 38.6 Å². The summed E-state index contributed by atoms with van der Waals surface area (Å²) >= 11 is 3.47. The van der Waals surface area contributed by atoms with Crippen molar-refractivity contribution >= 4 is 15.9 Å². The van der Waals surface area contributed by atoms with Crippen LogP contribution in [-0.2, 0) is 14.2 Å². The van der Waals surface area contributed by atoms with Gasteiger partial charge in [-0.1, -0.05) is 28.1 Å². The zero-order valence-electron chi connectivity index (χ0n) is 8.49. The van der Waals surface area contributed by atoms with Gasteiger partial charge in [0.2, 0.25) is 0 Å². The molecule has 0 radical (unpaired) electrons. The normalized spacial score (nSPS) is 16.8. The van der Waals surface area contributed by atoms with Crippen LogP contribution >= 0.6 is 15.9 Å². The lowest BCUT2D eigenvalue weighted by atomic mass is 10.2. The molecular formula is C9H17BrO3. The minimum absolute atomic E-state index is 0.0105. The van der Waals surface area contributed by atoms with E-state index in [1.807, 2.05) is 19.1 Å². The highest BCUT2D eigenvalue weighted by atomic mass is 79.9. The summed E-state index contributed by atoms with van der Waals surface area (Å²) in [6, 6.07) is 0.